The van der Waals surface area contributed by atoms with E-state index in [1.165, 1.54) is 4.40 Å². The molecule has 2 aromatic heterocycles. The van der Waals surface area contributed by atoms with E-state index in [9.17, 15) is 4.79 Å². The van der Waals surface area contributed by atoms with E-state index in [-0.39, 0.29) is 11.7 Å². The third kappa shape index (κ3) is 2.34. The molecular formula is C10H15N5O2. The number of fused-ring (bicyclic) bond motifs is 1. The standard InChI is InChI=1S/C10H15N5O2/c1-6-12-8(3-7(11)5-17-2)4-9-13-14-10(16)15(6)9/h4,7H,3,5,11H2,1-2H3,(H,14,16). The van der Waals surface area contributed by atoms with Crippen LogP contribution in [0.2, 0.25) is 0 Å². The number of nitrogens with one attached hydrogen (secondary N) is 1. The largest absolute Gasteiger partial charge is 0.383 e. The molecule has 0 aliphatic heterocycles. The normalized spacial score (nSPS) is 13.1. The first kappa shape index (κ1) is 11.7. The molecule has 1 atom stereocenters. The van der Waals surface area contributed by atoms with Crippen molar-refractivity contribution in [3.05, 3.63) is 28.1 Å². The highest BCUT2D eigenvalue weighted by Gasteiger charge is 2.10. The lowest BCUT2D eigenvalue weighted by Crippen LogP contribution is -2.28. The molecular weight excluding hydrogens is 222 g/mol. The Bertz CT molecular complexity index is 574. The lowest BCUT2D eigenvalue weighted by Gasteiger charge is -2.10. The van der Waals surface area contributed by atoms with Crippen LogP contribution in [-0.2, 0) is 11.2 Å². The van der Waals surface area contributed by atoms with E-state index in [1.807, 2.05) is 0 Å². The summed E-state index contributed by atoms with van der Waals surface area (Å²) in [6.45, 7) is 2.23. The molecule has 92 valence electrons. The van der Waals surface area contributed by atoms with Crippen molar-refractivity contribution in [3.63, 3.8) is 0 Å². The first-order valence-electron chi connectivity index (χ1n) is 5.30. The second kappa shape index (κ2) is 4.64. The van der Waals surface area contributed by atoms with E-state index in [0.29, 0.717) is 24.5 Å². The van der Waals surface area contributed by atoms with Crippen LogP contribution in [0.4, 0.5) is 0 Å². The van der Waals surface area contributed by atoms with Crippen LogP contribution in [0.15, 0.2) is 10.9 Å². The summed E-state index contributed by atoms with van der Waals surface area (Å²) in [5.41, 5.74) is 6.94. The van der Waals surface area contributed by atoms with Gasteiger partial charge >= 0.3 is 5.69 Å². The Balaban J connectivity index is 2.34. The van der Waals surface area contributed by atoms with Crippen LogP contribution < -0.4 is 11.4 Å². The van der Waals surface area contributed by atoms with E-state index in [2.05, 4.69) is 15.2 Å². The number of nitrogens with zero attached hydrogens (tertiary/aromatic N) is 3. The molecule has 0 saturated carbocycles. The van der Waals surface area contributed by atoms with Crippen LogP contribution >= 0.6 is 0 Å². The second-order valence-electron chi connectivity index (χ2n) is 3.94. The Morgan fingerprint density at radius 2 is 2.41 bits per heavy atom. The number of aromatic nitrogens is 4. The van der Waals surface area contributed by atoms with Crippen molar-refractivity contribution in [2.24, 2.45) is 5.73 Å². The molecule has 17 heavy (non-hydrogen) atoms. The van der Waals surface area contributed by atoms with Crippen molar-refractivity contribution in [3.8, 4) is 0 Å². The number of ether oxygens (including phenoxy) is 1. The van der Waals surface area contributed by atoms with E-state index in [0.717, 1.165) is 5.69 Å². The number of nitrogens with two attached hydrogens (primary N) is 1. The Kier molecular flexibility index (Phi) is 3.21. The summed E-state index contributed by atoms with van der Waals surface area (Å²) in [4.78, 5) is 15.7. The molecule has 0 bridgehead atoms. The van der Waals surface area contributed by atoms with Crippen LogP contribution in [0.3, 0.4) is 0 Å². The summed E-state index contributed by atoms with van der Waals surface area (Å²) < 4.78 is 6.39. The maximum atomic E-state index is 11.4. The number of rotatable bonds is 4. The van der Waals surface area contributed by atoms with E-state index in [1.54, 1.807) is 20.1 Å². The van der Waals surface area contributed by atoms with E-state index in [4.69, 9.17) is 10.5 Å². The Labute approximate surface area is 97.6 Å². The third-order valence-corrected chi connectivity index (χ3v) is 2.48. The minimum atomic E-state index is -0.280. The van der Waals surface area contributed by atoms with Gasteiger partial charge in [0.1, 0.15) is 5.82 Å². The first-order valence-corrected chi connectivity index (χ1v) is 5.30. The fourth-order valence-electron chi connectivity index (χ4n) is 1.80. The number of aryl methyl sites for hydroxylation is 1. The summed E-state index contributed by atoms with van der Waals surface area (Å²) >= 11 is 0. The van der Waals surface area contributed by atoms with Gasteiger partial charge in [0.2, 0.25) is 0 Å². The fraction of sp³-hybridized carbons (Fsp3) is 0.500. The minimum Gasteiger partial charge on any atom is -0.383 e. The average Bonchev–Trinajstić information content (AvgIpc) is 2.60. The van der Waals surface area contributed by atoms with Crippen LogP contribution in [0.5, 0.6) is 0 Å². The maximum Gasteiger partial charge on any atom is 0.349 e. The molecule has 0 aliphatic carbocycles. The van der Waals surface area contributed by atoms with Crippen molar-refractivity contribution >= 4 is 5.65 Å². The molecule has 2 rings (SSSR count). The van der Waals surface area contributed by atoms with E-state index < -0.39 is 0 Å². The highest BCUT2D eigenvalue weighted by Crippen LogP contribution is 2.05. The van der Waals surface area contributed by atoms with Crippen LogP contribution in [-0.4, -0.2) is 39.3 Å². The summed E-state index contributed by atoms with van der Waals surface area (Å²) in [7, 11) is 1.61. The molecule has 0 fully saturated rings. The lowest BCUT2D eigenvalue weighted by atomic mass is 10.2. The van der Waals surface area contributed by atoms with Crippen LogP contribution in [0.1, 0.15) is 11.5 Å². The molecule has 0 amide bonds. The van der Waals surface area contributed by atoms with Crippen molar-refractivity contribution in [1.82, 2.24) is 19.6 Å². The zero-order valence-electron chi connectivity index (χ0n) is 9.80. The van der Waals surface area contributed by atoms with Gasteiger partial charge in [-0.1, -0.05) is 0 Å². The van der Waals surface area contributed by atoms with Gasteiger partial charge in [-0.2, -0.15) is 5.10 Å². The van der Waals surface area contributed by atoms with Gasteiger partial charge in [0, 0.05) is 31.3 Å². The molecule has 2 aromatic rings. The zero-order valence-corrected chi connectivity index (χ0v) is 9.80. The second-order valence-corrected chi connectivity index (χ2v) is 3.94. The van der Waals surface area contributed by atoms with Crippen molar-refractivity contribution < 1.29 is 4.74 Å². The van der Waals surface area contributed by atoms with Gasteiger partial charge < -0.3 is 10.5 Å². The maximum absolute atomic E-state index is 11.4. The van der Waals surface area contributed by atoms with Gasteiger partial charge in [-0.3, -0.25) is 0 Å². The van der Waals surface area contributed by atoms with Gasteiger partial charge in [0.05, 0.1) is 6.61 Å². The predicted molar refractivity (Wildman–Crippen MR) is 61.9 cm³/mol. The quantitative estimate of drug-likeness (QED) is 0.728. The number of hydrogen-bond acceptors (Lipinski definition) is 5. The molecule has 2 heterocycles. The summed E-state index contributed by atoms with van der Waals surface area (Å²) in [5.74, 6) is 0.598. The zero-order chi connectivity index (χ0) is 12.4. The van der Waals surface area contributed by atoms with Crippen LogP contribution in [0.25, 0.3) is 5.65 Å². The third-order valence-electron chi connectivity index (χ3n) is 2.48. The summed E-state index contributed by atoms with van der Waals surface area (Å²) in [6.07, 6.45) is 0.590. The molecule has 7 heteroatoms. The molecule has 1 unspecified atom stereocenters. The highest BCUT2D eigenvalue weighted by molar-refractivity contribution is 5.38. The number of aromatic amines is 1. The molecule has 7 nitrogen and oxygen atoms in total. The Hall–Kier alpha value is -1.73. The van der Waals surface area contributed by atoms with Gasteiger partial charge in [-0.25, -0.2) is 19.3 Å². The topological polar surface area (TPSA) is 98.3 Å². The van der Waals surface area contributed by atoms with Gasteiger partial charge in [-0.15, -0.1) is 0 Å². The monoisotopic (exact) mass is 237 g/mol. The highest BCUT2D eigenvalue weighted by atomic mass is 16.5. The number of hydrogen-bond donors (Lipinski definition) is 2. The number of methoxy groups -OCH3 is 1. The molecule has 0 spiro atoms. The van der Waals surface area contributed by atoms with Crippen molar-refractivity contribution in [1.29, 1.82) is 0 Å². The van der Waals surface area contributed by atoms with Gasteiger partial charge in [0.25, 0.3) is 0 Å². The molecule has 0 aliphatic rings. The van der Waals surface area contributed by atoms with E-state index >= 15 is 0 Å². The first-order chi connectivity index (χ1) is 8.11. The smallest absolute Gasteiger partial charge is 0.349 e. The lowest BCUT2D eigenvalue weighted by molar-refractivity contribution is 0.179. The SMILES string of the molecule is COCC(N)Cc1cc2n[nH]c(=O)n2c(C)n1. The number of H-pyrrole nitrogens is 1. The fourth-order valence-corrected chi connectivity index (χ4v) is 1.80. The van der Waals surface area contributed by atoms with Gasteiger partial charge in [-0.05, 0) is 6.92 Å². The average molecular weight is 237 g/mol. The minimum absolute atomic E-state index is 0.111. The molecule has 0 radical (unpaired) electrons. The Morgan fingerprint density at radius 3 is 3.12 bits per heavy atom. The van der Waals surface area contributed by atoms with Crippen molar-refractivity contribution in [2.75, 3.05) is 13.7 Å². The summed E-state index contributed by atoms with van der Waals surface area (Å²) in [6, 6.07) is 1.64. The predicted octanol–water partition coefficient (Wildman–Crippen LogP) is -0.758. The summed E-state index contributed by atoms with van der Waals surface area (Å²) in [5, 5.41) is 6.29. The van der Waals surface area contributed by atoms with Gasteiger partial charge in [0.15, 0.2) is 5.65 Å². The van der Waals surface area contributed by atoms with Crippen LogP contribution in [0, 0.1) is 6.92 Å². The molecule has 3 N–H and O–H groups in total. The van der Waals surface area contributed by atoms with Crippen molar-refractivity contribution in [2.45, 2.75) is 19.4 Å². The molecule has 0 saturated heterocycles. The molecule has 0 aromatic carbocycles. The Morgan fingerprint density at radius 1 is 1.65 bits per heavy atom.